The Morgan fingerprint density at radius 3 is 2.63 bits per heavy atom. The van der Waals surface area contributed by atoms with Crippen LogP contribution in [-0.4, -0.2) is 24.7 Å². The number of hydrogen-bond acceptors (Lipinski definition) is 4. The lowest BCUT2D eigenvalue weighted by molar-refractivity contribution is -0.0528. The molecule has 1 saturated heterocycles. The van der Waals surface area contributed by atoms with Crippen molar-refractivity contribution < 1.29 is 13.5 Å². The summed E-state index contributed by atoms with van der Waals surface area (Å²) in [6.45, 7) is -1.26. The maximum atomic E-state index is 12.0. The molecule has 1 aliphatic rings. The summed E-state index contributed by atoms with van der Waals surface area (Å²) in [7, 11) is 0. The summed E-state index contributed by atoms with van der Waals surface area (Å²) >= 11 is 0. The Morgan fingerprint density at radius 2 is 2.11 bits per heavy atom. The molecule has 2 heterocycles. The van der Waals surface area contributed by atoms with Gasteiger partial charge in [-0.2, -0.15) is 14.0 Å². The van der Waals surface area contributed by atoms with Crippen LogP contribution in [0.1, 0.15) is 12.8 Å². The molecule has 0 N–H and O–H groups in total. The van der Waals surface area contributed by atoms with Crippen LogP contribution in [0, 0.1) is 11.3 Å². The molecule has 0 atom stereocenters. The average molecular weight is 265 g/mol. The van der Waals surface area contributed by atoms with Gasteiger partial charge in [-0.25, -0.2) is 4.98 Å². The molecule has 19 heavy (non-hydrogen) atoms. The van der Waals surface area contributed by atoms with E-state index in [4.69, 9.17) is 5.26 Å². The summed E-state index contributed by atoms with van der Waals surface area (Å²) in [5.74, 6) is -0.0826. The molecular formula is C13H13F2N3O. The SMILES string of the molecule is N#CC=C1CCN(c2ccc(OC(F)F)nc2)CC1. The Morgan fingerprint density at radius 1 is 1.37 bits per heavy atom. The average Bonchev–Trinajstić information content (AvgIpc) is 2.40. The largest absolute Gasteiger partial charge is 0.417 e. The molecule has 4 nitrogen and oxygen atoms in total. The van der Waals surface area contributed by atoms with E-state index in [0.29, 0.717) is 0 Å². The van der Waals surface area contributed by atoms with Gasteiger partial charge in [-0.3, -0.25) is 0 Å². The number of ether oxygens (including phenoxy) is 1. The van der Waals surface area contributed by atoms with Gasteiger partial charge in [0.05, 0.1) is 18.0 Å². The van der Waals surface area contributed by atoms with E-state index in [9.17, 15) is 8.78 Å². The Kier molecular flexibility index (Phi) is 4.29. The maximum Gasteiger partial charge on any atom is 0.388 e. The van der Waals surface area contributed by atoms with E-state index in [2.05, 4.69) is 14.6 Å². The van der Waals surface area contributed by atoms with Crippen molar-refractivity contribution in [3.63, 3.8) is 0 Å². The number of alkyl halides is 2. The standard InChI is InChI=1S/C13H13F2N3O/c14-13(15)19-12-2-1-11(9-17-12)18-7-4-10(3-6-16)5-8-18/h1-3,9,13H,4-5,7-8H2. The van der Waals surface area contributed by atoms with Crippen LogP contribution in [0.15, 0.2) is 30.0 Å². The fraction of sp³-hybridized carbons (Fsp3) is 0.385. The number of halogens is 2. The fourth-order valence-corrected chi connectivity index (χ4v) is 2.01. The highest BCUT2D eigenvalue weighted by molar-refractivity contribution is 5.46. The van der Waals surface area contributed by atoms with Crippen LogP contribution in [0.4, 0.5) is 14.5 Å². The van der Waals surface area contributed by atoms with Gasteiger partial charge >= 0.3 is 6.61 Å². The lowest BCUT2D eigenvalue weighted by Crippen LogP contribution is -2.30. The van der Waals surface area contributed by atoms with Crippen LogP contribution in [0.5, 0.6) is 5.88 Å². The number of allylic oxidation sites excluding steroid dienone is 1. The van der Waals surface area contributed by atoms with Crippen LogP contribution >= 0.6 is 0 Å². The second kappa shape index (κ2) is 6.14. The van der Waals surface area contributed by atoms with Gasteiger partial charge in [-0.1, -0.05) is 5.57 Å². The molecule has 0 aromatic carbocycles. The monoisotopic (exact) mass is 265 g/mol. The van der Waals surface area contributed by atoms with Crippen molar-refractivity contribution in [1.29, 1.82) is 5.26 Å². The van der Waals surface area contributed by atoms with Crippen molar-refractivity contribution in [2.75, 3.05) is 18.0 Å². The quantitative estimate of drug-likeness (QED) is 0.788. The normalized spacial score (nSPS) is 15.3. The van der Waals surface area contributed by atoms with Gasteiger partial charge in [-0.05, 0) is 18.9 Å². The third kappa shape index (κ3) is 3.65. The number of rotatable bonds is 3. The molecule has 0 bridgehead atoms. The van der Waals surface area contributed by atoms with E-state index in [-0.39, 0.29) is 5.88 Å². The van der Waals surface area contributed by atoms with Crippen LogP contribution < -0.4 is 9.64 Å². The molecule has 0 spiro atoms. The van der Waals surface area contributed by atoms with E-state index in [1.807, 2.05) is 6.07 Å². The predicted molar refractivity (Wildman–Crippen MR) is 66.0 cm³/mol. The third-order valence-corrected chi connectivity index (χ3v) is 2.97. The molecule has 0 aliphatic carbocycles. The Hall–Kier alpha value is -2.16. The first-order chi connectivity index (χ1) is 9.19. The van der Waals surface area contributed by atoms with Crippen LogP contribution in [0.25, 0.3) is 0 Å². The number of nitriles is 1. The summed E-state index contributed by atoms with van der Waals surface area (Å²) in [6, 6.07) is 5.18. The highest BCUT2D eigenvalue weighted by Crippen LogP contribution is 2.23. The molecule has 0 radical (unpaired) electrons. The zero-order valence-electron chi connectivity index (χ0n) is 10.2. The molecule has 1 aromatic rings. The van der Waals surface area contributed by atoms with Gasteiger partial charge < -0.3 is 9.64 Å². The lowest BCUT2D eigenvalue weighted by Gasteiger charge is -2.29. The maximum absolute atomic E-state index is 12.0. The number of piperidine rings is 1. The van der Waals surface area contributed by atoms with Gasteiger partial charge in [0.15, 0.2) is 0 Å². The summed E-state index contributed by atoms with van der Waals surface area (Å²) < 4.78 is 28.2. The second-order valence-electron chi connectivity index (χ2n) is 4.15. The third-order valence-electron chi connectivity index (χ3n) is 2.97. The second-order valence-corrected chi connectivity index (χ2v) is 4.15. The molecule has 100 valence electrons. The van der Waals surface area contributed by atoms with E-state index >= 15 is 0 Å². The van der Waals surface area contributed by atoms with Crippen molar-refractivity contribution in [3.8, 4) is 11.9 Å². The number of aromatic nitrogens is 1. The van der Waals surface area contributed by atoms with Crippen molar-refractivity contribution >= 4 is 5.69 Å². The molecule has 0 amide bonds. The first-order valence-corrected chi connectivity index (χ1v) is 5.92. The topological polar surface area (TPSA) is 49.2 Å². The van der Waals surface area contributed by atoms with E-state index < -0.39 is 6.61 Å². The minimum Gasteiger partial charge on any atom is -0.417 e. The van der Waals surface area contributed by atoms with Gasteiger partial charge in [0.1, 0.15) is 0 Å². The molecule has 1 aromatic heterocycles. The van der Waals surface area contributed by atoms with Crippen molar-refractivity contribution in [1.82, 2.24) is 4.98 Å². The Bertz CT molecular complexity index is 484. The molecule has 6 heteroatoms. The summed E-state index contributed by atoms with van der Waals surface area (Å²) in [4.78, 5) is 5.94. The summed E-state index contributed by atoms with van der Waals surface area (Å²) in [5, 5.41) is 8.58. The van der Waals surface area contributed by atoms with Crippen LogP contribution in [-0.2, 0) is 0 Å². The van der Waals surface area contributed by atoms with Crippen molar-refractivity contribution in [2.24, 2.45) is 0 Å². The minimum atomic E-state index is -2.85. The van der Waals surface area contributed by atoms with Gasteiger partial charge in [0.2, 0.25) is 5.88 Å². The van der Waals surface area contributed by atoms with E-state index in [1.54, 1.807) is 12.1 Å². The summed E-state index contributed by atoms with van der Waals surface area (Å²) in [6.07, 6.45) is 4.79. The molecule has 0 unspecified atom stereocenters. The predicted octanol–water partition coefficient (Wildman–Crippen LogP) is 2.73. The first kappa shape index (κ1) is 13.3. The molecule has 1 aliphatic heterocycles. The lowest BCUT2D eigenvalue weighted by atomic mass is 10.0. The number of pyridine rings is 1. The van der Waals surface area contributed by atoms with Gasteiger partial charge in [-0.15, -0.1) is 0 Å². The molecule has 0 saturated carbocycles. The zero-order valence-corrected chi connectivity index (χ0v) is 10.2. The number of nitrogens with zero attached hydrogens (tertiary/aromatic N) is 3. The number of anilines is 1. The summed E-state index contributed by atoms with van der Waals surface area (Å²) in [5.41, 5.74) is 2.02. The Labute approximate surface area is 109 Å². The van der Waals surface area contributed by atoms with E-state index in [1.165, 1.54) is 12.3 Å². The first-order valence-electron chi connectivity index (χ1n) is 5.92. The van der Waals surface area contributed by atoms with E-state index in [0.717, 1.165) is 37.2 Å². The Balaban J connectivity index is 1.97. The van der Waals surface area contributed by atoms with Crippen molar-refractivity contribution in [3.05, 3.63) is 30.0 Å². The van der Waals surface area contributed by atoms with Crippen molar-refractivity contribution in [2.45, 2.75) is 19.5 Å². The molecule has 2 rings (SSSR count). The smallest absolute Gasteiger partial charge is 0.388 e. The highest BCUT2D eigenvalue weighted by Gasteiger charge is 2.15. The fourth-order valence-electron chi connectivity index (χ4n) is 2.01. The zero-order chi connectivity index (χ0) is 13.7. The highest BCUT2D eigenvalue weighted by atomic mass is 19.3. The minimum absolute atomic E-state index is 0.0826. The van der Waals surface area contributed by atoms with Gasteiger partial charge in [0.25, 0.3) is 0 Å². The number of hydrogen-bond donors (Lipinski definition) is 0. The van der Waals surface area contributed by atoms with Crippen LogP contribution in [0.2, 0.25) is 0 Å². The van der Waals surface area contributed by atoms with Gasteiger partial charge in [0, 0.05) is 25.2 Å². The van der Waals surface area contributed by atoms with Crippen LogP contribution in [0.3, 0.4) is 0 Å². The molecule has 1 fully saturated rings. The molecular weight excluding hydrogens is 252 g/mol.